The Bertz CT molecular complexity index is 348. The maximum absolute atomic E-state index is 4.39. The number of hydrogen-bond donors (Lipinski definition) is 0. The van der Waals surface area contributed by atoms with Crippen LogP contribution in [0.2, 0.25) is 0 Å². The standard InChI is InChI=1S/C13H18N2S/c1-14-13-15(9-5-6-10-16-13)11-12-7-3-2-4-8-12/h2-4,7-8H,5-6,9-11H2,1H3/b14-13-. The average molecular weight is 234 g/mol. The minimum Gasteiger partial charge on any atom is -0.347 e. The molecule has 1 aromatic rings. The molecule has 0 spiro atoms. The van der Waals surface area contributed by atoms with Crippen LogP contribution < -0.4 is 0 Å². The van der Waals surface area contributed by atoms with Gasteiger partial charge in [-0.2, -0.15) is 0 Å². The highest BCUT2D eigenvalue weighted by molar-refractivity contribution is 8.13. The van der Waals surface area contributed by atoms with Crippen molar-refractivity contribution in [3.8, 4) is 0 Å². The fraction of sp³-hybridized carbons (Fsp3) is 0.462. The SMILES string of the molecule is C/N=C1\SCCCCN1Cc1ccccc1. The molecule has 0 atom stereocenters. The summed E-state index contributed by atoms with van der Waals surface area (Å²) in [6.07, 6.45) is 2.58. The van der Waals surface area contributed by atoms with E-state index in [1.807, 2.05) is 18.8 Å². The number of nitrogens with zero attached hydrogens (tertiary/aromatic N) is 2. The molecular formula is C13H18N2S. The molecule has 3 heteroatoms. The van der Waals surface area contributed by atoms with Gasteiger partial charge in [0.05, 0.1) is 0 Å². The van der Waals surface area contributed by atoms with Crippen molar-refractivity contribution in [2.45, 2.75) is 19.4 Å². The molecule has 0 radical (unpaired) electrons. The smallest absolute Gasteiger partial charge is 0.159 e. The van der Waals surface area contributed by atoms with Gasteiger partial charge in [0.2, 0.25) is 0 Å². The summed E-state index contributed by atoms with van der Waals surface area (Å²) in [5.41, 5.74) is 1.37. The van der Waals surface area contributed by atoms with Gasteiger partial charge in [0.15, 0.2) is 5.17 Å². The lowest BCUT2D eigenvalue weighted by Crippen LogP contribution is -2.28. The molecule has 0 bridgehead atoms. The number of benzene rings is 1. The molecular weight excluding hydrogens is 216 g/mol. The number of hydrogen-bond acceptors (Lipinski definition) is 2. The Morgan fingerprint density at radius 2 is 2.06 bits per heavy atom. The van der Waals surface area contributed by atoms with Crippen molar-refractivity contribution in [2.75, 3.05) is 19.3 Å². The van der Waals surface area contributed by atoms with Crippen molar-refractivity contribution >= 4 is 16.9 Å². The van der Waals surface area contributed by atoms with E-state index in [1.165, 1.54) is 29.3 Å². The van der Waals surface area contributed by atoms with Gasteiger partial charge in [-0.15, -0.1) is 0 Å². The molecule has 0 aromatic heterocycles. The van der Waals surface area contributed by atoms with Crippen molar-refractivity contribution < 1.29 is 0 Å². The Kier molecular flexibility index (Phi) is 4.28. The van der Waals surface area contributed by atoms with E-state index in [-0.39, 0.29) is 0 Å². The van der Waals surface area contributed by atoms with E-state index >= 15 is 0 Å². The highest BCUT2D eigenvalue weighted by atomic mass is 32.2. The molecule has 2 nitrogen and oxygen atoms in total. The van der Waals surface area contributed by atoms with Crippen molar-refractivity contribution in [1.29, 1.82) is 0 Å². The third-order valence-electron chi connectivity index (χ3n) is 2.73. The summed E-state index contributed by atoms with van der Waals surface area (Å²) in [5.74, 6) is 1.21. The van der Waals surface area contributed by atoms with Gasteiger partial charge in [-0.3, -0.25) is 4.99 Å². The van der Waals surface area contributed by atoms with Gasteiger partial charge in [0.25, 0.3) is 0 Å². The molecule has 1 aliphatic heterocycles. The minimum atomic E-state index is 0.987. The summed E-state index contributed by atoms with van der Waals surface area (Å²) in [7, 11) is 1.89. The molecule has 1 aliphatic rings. The van der Waals surface area contributed by atoms with E-state index in [0.717, 1.165) is 13.1 Å². The van der Waals surface area contributed by atoms with Crippen molar-refractivity contribution in [3.05, 3.63) is 35.9 Å². The van der Waals surface area contributed by atoms with Crippen LogP contribution in [0.1, 0.15) is 18.4 Å². The summed E-state index contributed by atoms with van der Waals surface area (Å²) in [6, 6.07) is 10.6. The van der Waals surface area contributed by atoms with Gasteiger partial charge in [-0.05, 0) is 18.4 Å². The maximum atomic E-state index is 4.39. The Morgan fingerprint density at radius 1 is 1.25 bits per heavy atom. The zero-order valence-electron chi connectivity index (χ0n) is 9.72. The van der Waals surface area contributed by atoms with Gasteiger partial charge < -0.3 is 4.90 Å². The third kappa shape index (κ3) is 3.01. The second-order valence-corrected chi connectivity index (χ2v) is 5.03. The monoisotopic (exact) mass is 234 g/mol. The Morgan fingerprint density at radius 3 is 2.81 bits per heavy atom. The van der Waals surface area contributed by atoms with Crippen LogP contribution >= 0.6 is 11.8 Å². The van der Waals surface area contributed by atoms with E-state index in [0.29, 0.717) is 0 Å². The molecule has 1 aromatic carbocycles. The molecule has 2 rings (SSSR count). The van der Waals surface area contributed by atoms with E-state index in [9.17, 15) is 0 Å². The maximum Gasteiger partial charge on any atom is 0.159 e. The lowest BCUT2D eigenvalue weighted by Gasteiger charge is -2.23. The molecule has 0 saturated carbocycles. The van der Waals surface area contributed by atoms with Crippen LogP contribution in [0.5, 0.6) is 0 Å². The van der Waals surface area contributed by atoms with Gasteiger partial charge in [-0.1, -0.05) is 42.1 Å². The minimum absolute atomic E-state index is 0.987. The average Bonchev–Trinajstić information content (AvgIpc) is 2.55. The number of thioether (sulfide) groups is 1. The Labute approximate surface area is 102 Å². The first-order chi connectivity index (χ1) is 7.90. The largest absolute Gasteiger partial charge is 0.347 e. The molecule has 1 heterocycles. The molecule has 16 heavy (non-hydrogen) atoms. The highest BCUT2D eigenvalue weighted by Crippen LogP contribution is 2.19. The Balaban J connectivity index is 2.06. The molecule has 0 N–H and O–H groups in total. The predicted molar refractivity (Wildman–Crippen MR) is 71.9 cm³/mol. The van der Waals surface area contributed by atoms with Crippen LogP contribution in [0, 0.1) is 0 Å². The molecule has 1 fully saturated rings. The van der Waals surface area contributed by atoms with Crippen molar-refractivity contribution in [2.24, 2.45) is 4.99 Å². The summed E-state index contributed by atoms with van der Waals surface area (Å²) in [5, 5.41) is 1.20. The van der Waals surface area contributed by atoms with Crippen LogP contribution in [0.15, 0.2) is 35.3 Å². The molecule has 1 saturated heterocycles. The number of amidine groups is 1. The zero-order chi connectivity index (χ0) is 11.2. The summed E-state index contributed by atoms with van der Waals surface area (Å²) in [4.78, 5) is 6.79. The summed E-state index contributed by atoms with van der Waals surface area (Å²) < 4.78 is 0. The molecule has 86 valence electrons. The van der Waals surface area contributed by atoms with Crippen LogP contribution in [0.3, 0.4) is 0 Å². The second-order valence-electron chi connectivity index (χ2n) is 3.97. The molecule has 0 unspecified atom stereocenters. The van der Waals surface area contributed by atoms with Crippen molar-refractivity contribution in [3.63, 3.8) is 0 Å². The van der Waals surface area contributed by atoms with E-state index in [4.69, 9.17) is 0 Å². The van der Waals surface area contributed by atoms with Crippen LogP contribution in [-0.4, -0.2) is 29.4 Å². The summed E-state index contributed by atoms with van der Waals surface area (Å²) >= 11 is 1.89. The first-order valence-corrected chi connectivity index (χ1v) is 6.77. The number of aliphatic imine (C=N–C) groups is 1. The molecule has 0 amide bonds. The summed E-state index contributed by atoms with van der Waals surface area (Å²) in [6.45, 7) is 2.12. The van der Waals surface area contributed by atoms with E-state index < -0.39 is 0 Å². The third-order valence-corrected chi connectivity index (χ3v) is 3.92. The predicted octanol–water partition coefficient (Wildman–Crippen LogP) is 3.00. The Hall–Kier alpha value is -0.960. The van der Waals surface area contributed by atoms with E-state index in [2.05, 4.69) is 40.2 Å². The van der Waals surface area contributed by atoms with E-state index in [1.54, 1.807) is 0 Å². The van der Waals surface area contributed by atoms with Gasteiger partial charge in [-0.25, -0.2) is 0 Å². The normalized spacial score (nSPS) is 19.8. The fourth-order valence-corrected chi connectivity index (χ4v) is 2.91. The second kappa shape index (κ2) is 5.94. The van der Waals surface area contributed by atoms with Gasteiger partial charge in [0, 0.05) is 25.9 Å². The van der Waals surface area contributed by atoms with Crippen LogP contribution in [0.4, 0.5) is 0 Å². The van der Waals surface area contributed by atoms with Gasteiger partial charge >= 0.3 is 0 Å². The van der Waals surface area contributed by atoms with Gasteiger partial charge in [0.1, 0.15) is 0 Å². The highest BCUT2D eigenvalue weighted by Gasteiger charge is 2.14. The lowest BCUT2D eigenvalue weighted by molar-refractivity contribution is 0.413. The lowest BCUT2D eigenvalue weighted by atomic mass is 10.2. The topological polar surface area (TPSA) is 15.6 Å². The van der Waals surface area contributed by atoms with Crippen LogP contribution in [0.25, 0.3) is 0 Å². The molecule has 0 aliphatic carbocycles. The first-order valence-electron chi connectivity index (χ1n) is 5.78. The van der Waals surface area contributed by atoms with Crippen LogP contribution in [-0.2, 0) is 6.54 Å². The first kappa shape index (κ1) is 11.5. The quantitative estimate of drug-likeness (QED) is 0.781. The zero-order valence-corrected chi connectivity index (χ0v) is 10.5. The van der Waals surface area contributed by atoms with Crippen molar-refractivity contribution in [1.82, 2.24) is 4.90 Å². The number of rotatable bonds is 2. The fourth-order valence-electron chi connectivity index (χ4n) is 1.91.